The van der Waals surface area contributed by atoms with Crippen molar-refractivity contribution in [3.05, 3.63) is 0 Å². The van der Waals surface area contributed by atoms with Crippen LogP contribution >= 0.6 is 0 Å². The molecule has 1 amide bonds. The number of amides is 1. The van der Waals surface area contributed by atoms with E-state index in [9.17, 15) is 4.79 Å². The summed E-state index contributed by atoms with van der Waals surface area (Å²) < 4.78 is 0. The molecular weight excluding hydrogens is 200 g/mol. The summed E-state index contributed by atoms with van der Waals surface area (Å²) in [4.78, 5) is 11.9. The molecule has 0 saturated heterocycles. The van der Waals surface area contributed by atoms with Crippen molar-refractivity contribution < 1.29 is 4.79 Å². The van der Waals surface area contributed by atoms with E-state index in [1.807, 2.05) is 0 Å². The van der Waals surface area contributed by atoms with Gasteiger partial charge in [0.05, 0.1) is 11.5 Å². The maximum absolute atomic E-state index is 11.9. The molecule has 0 saturated carbocycles. The Labute approximate surface area is 99.2 Å². The lowest BCUT2D eigenvalue weighted by molar-refractivity contribution is -0.126. The number of nitrogens with two attached hydrogens (primary N) is 1. The lowest BCUT2D eigenvalue weighted by atomic mass is 9.84. The second-order valence-corrected chi connectivity index (χ2v) is 5.96. The number of hydrogen-bond acceptors (Lipinski definition) is 2. The lowest BCUT2D eigenvalue weighted by Gasteiger charge is -2.27. The van der Waals surface area contributed by atoms with Crippen molar-refractivity contribution in [2.75, 3.05) is 6.54 Å². The largest absolute Gasteiger partial charge is 0.340 e. The van der Waals surface area contributed by atoms with Crippen molar-refractivity contribution in [1.82, 2.24) is 5.32 Å². The van der Waals surface area contributed by atoms with Crippen molar-refractivity contribution >= 4 is 5.91 Å². The molecule has 0 aliphatic heterocycles. The Balaban J connectivity index is 4.52. The Morgan fingerprint density at radius 3 is 2.19 bits per heavy atom. The van der Waals surface area contributed by atoms with Crippen molar-refractivity contribution in [3.63, 3.8) is 0 Å². The second-order valence-electron chi connectivity index (χ2n) is 5.96. The number of hydrogen-bond donors (Lipinski definition) is 2. The molecule has 0 aliphatic carbocycles. The fourth-order valence-electron chi connectivity index (χ4n) is 1.47. The van der Waals surface area contributed by atoms with Gasteiger partial charge in [-0.2, -0.15) is 0 Å². The molecule has 0 aromatic rings. The smallest absolute Gasteiger partial charge is 0.225 e. The summed E-state index contributed by atoms with van der Waals surface area (Å²) >= 11 is 0. The molecule has 1 unspecified atom stereocenters. The average molecular weight is 224 g/mol. The zero-order valence-electron chi connectivity index (χ0n) is 11.1. The Morgan fingerprint density at radius 2 is 1.88 bits per heavy atom. The minimum Gasteiger partial charge on any atom is -0.340 e. The number of carbonyl (C=O) groups is 1. The Hall–Kier alpha value is -1.01. The van der Waals surface area contributed by atoms with Crippen LogP contribution in [-0.2, 0) is 4.79 Å². The van der Waals surface area contributed by atoms with Gasteiger partial charge in [-0.3, -0.25) is 4.79 Å². The molecule has 0 heterocycles. The predicted molar refractivity (Wildman–Crippen MR) is 67.7 cm³/mol. The van der Waals surface area contributed by atoms with Crippen molar-refractivity contribution in [2.45, 2.75) is 46.6 Å². The van der Waals surface area contributed by atoms with Gasteiger partial charge in [0.15, 0.2) is 0 Å². The van der Waals surface area contributed by atoms with Crippen LogP contribution in [0.2, 0.25) is 0 Å². The molecule has 0 bridgehead atoms. The summed E-state index contributed by atoms with van der Waals surface area (Å²) in [6.45, 7) is 10.2. The van der Waals surface area contributed by atoms with Crippen LogP contribution in [0.4, 0.5) is 0 Å². The van der Waals surface area contributed by atoms with Crippen LogP contribution in [0.15, 0.2) is 0 Å². The number of nitrogens with one attached hydrogen (secondary N) is 1. The summed E-state index contributed by atoms with van der Waals surface area (Å²) in [5.41, 5.74) is 5.10. The second kappa shape index (κ2) is 5.36. The van der Waals surface area contributed by atoms with Gasteiger partial charge < -0.3 is 11.1 Å². The highest BCUT2D eigenvalue weighted by Crippen LogP contribution is 2.24. The summed E-state index contributed by atoms with van der Waals surface area (Å²) in [7, 11) is 0. The topological polar surface area (TPSA) is 55.1 Å². The molecule has 0 aromatic carbocycles. The maximum Gasteiger partial charge on any atom is 0.225 e. The van der Waals surface area contributed by atoms with E-state index in [0.29, 0.717) is 6.54 Å². The first-order valence-corrected chi connectivity index (χ1v) is 5.61. The number of terminal acetylenes is 1. The Bertz CT molecular complexity index is 281. The van der Waals surface area contributed by atoms with Crippen LogP contribution < -0.4 is 11.1 Å². The lowest BCUT2D eigenvalue weighted by Crippen LogP contribution is -2.47. The third-order valence-corrected chi connectivity index (χ3v) is 2.31. The first kappa shape index (κ1) is 15.0. The van der Waals surface area contributed by atoms with Crippen molar-refractivity contribution in [3.8, 4) is 12.3 Å². The summed E-state index contributed by atoms with van der Waals surface area (Å²) in [5.74, 6) is 2.31. The van der Waals surface area contributed by atoms with Crippen molar-refractivity contribution in [2.24, 2.45) is 17.1 Å². The van der Waals surface area contributed by atoms with E-state index < -0.39 is 5.54 Å². The van der Waals surface area contributed by atoms with Gasteiger partial charge in [-0.25, -0.2) is 0 Å². The third kappa shape index (κ3) is 5.77. The van der Waals surface area contributed by atoms with Crippen LogP contribution in [0.3, 0.4) is 0 Å². The SMILES string of the molecule is C#CC(C)(C)NC(=O)C(CN)CC(C)(C)C. The van der Waals surface area contributed by atoms with E-state index in [2.05, 4.69) is 32.0 Å². The van der Waals surface area contributed by atoms with Gasteiger partial charge in [0.2, 0.25) is 5.91 Å². The van der Waals surface area contributed by atoms with Gasteiger partial charge in [-0.05, 0) is 25.7 Å². The minimum atomic E-state index is -0.609. The molecule has 0 aliphatic rings. The predicted octanol–water partition coefficient (Wildman–Crippen LogP) is 1.53. The van der Waals surface area contributed by atoms with Crippen LogP contribution in [-0.4, -0.2) is 18.0 Å². The quantitative estimate of drug-likeness (QED) is 0.711. The van der Waals surface area contributed by atoms with E-state index in [1.54, 1.807) is 13.8 Å². The highest BCUT2D eigenvalue weighted by molar-refractivity contribution is 5.80. The molecule has 0 spiro atoms. The van der Waals surface area contributed by atoms with Gasteiger partial charge in [0, 0.05) is 6.54 Å². The summed E-state index contributed by atoms with van der Waals surface area (Å²) in [6.07, 6.45) is 6.09. The van der Waals surface area contributed by atoms with Gasteiger partial charge >= 0.3 is 0 Å². The first-order chi connectivity index (χ1) is 7.11. The minimum absolute atomic E-state index is 0.0552. The molecule has 1 atom stereocenters. The zero-order valence-corrected chi connectivity index (χ0v) is 11.1. The van der Waals surface area contributed by atoms with Crippen LogP contribution in [0.25, 0.3) is 0 Å². The van der Waals surface area contributed by atoms with E-state index in [4.69, 9.17) is 12.2 Å². The highest BCUT2D eigenvalue weighted by atomic mass is 16.2. The number of carbonyl (C=O) groups excluding carboxylic acids is 1. The molecule has 0 radical (unpaired) electrons. The standard InChI is InChI=1S/C13H24N2O/c1-7-13(5,6)15-11(16)10(9-14)8-12(2,3)4/h1,10H,8-9,14H2,2-6H3,(H,15,16). The van der Waals surface area contributed by atoms with E-state index in [1.165, 1.54) is 0 Å². The van der Waals surface area contributed by atoms with Crippen LogP contribution in [0.5, 0.6) is 0 Å². The Morgan fingerprint density at radius 1 is 1.38 bits per heavy atom. The molecule has 92 valence electrons. The number of rotatable bonds is 4. The van der Waals surface area contributed by atoms with Gasteiger partial charge in [0.1, 0.15) is 0 Å². The Kier molecular flexibility index (Phi) is 5.02. The highest BCUT2D eigenvalue weighted by Gasteiger charge is 2.27. The average Bonchev–Trinajstić information content (AvgIpc) is 2.12. The molecule has 0 aromatic heterocycles. The molecule has 3 heteroatoms. The summed E-state index contributed by atoms with van der Waals surface area (Å²) in [5, 5.41) is 2.82. The molecule has 3 nitrogen and oxygen atoms in total. The van der Waals surface area contributed by atoms with Gasteiger partial charge in [-0.1, -0.05) is 26.7 Å². The fourth-order valence-corrected chi connectivity index (χ4v) is 1.47. The summed E-state index contributed by atoms with van der Waals surface area (Å²) in [6, 6.07) is 0. The molecular formula is C13H24N2O. The molecule has 0 fully saturated rings. The maximum atomic E-state index is 11.9. The van der Waals surface area contributed by atoms with Crippen molar-refractivity contribution in [1.29, 1.82) is 0 Å². The van der Waals surface area contributed by atoms with Gasteiger partial charge in [-0.15, -0.1) is 6.42 Å². The van der Waals surface area contributed by atoms with Crippen LogP contribution in [0.1, 0.15) is 41.0 Å². The third-order valence-electron chi connectivity index (χ3n) is 2.31. The molecule has 16 heavy (non-hydrogen) atoms. The normalized spacial score (nSPS) is 14.1. The molecule has 0 rings (SSSR count). The van der Waals surface area contributed by atoms with E-state index >= 15 is 0 Å². The zero-order chi connectivity index (χ0) is 13.0. The van der Waals surface area contributed by atoms with E-state index in [-0.39, 0.29) is 17.2 Å². The van der Waals surface area contributed by atoms with Gasteiger partial charge in [0.25, 0.3) is 0 Å². The monoisotopic (exact) mass is 224 g/mol. The molecule has 3 N–H and O–H groups in total. The van der Waals surface area contributed by atoms with Crippen LogP contribution in [0, 0.1) is 23.7 Å². The first-order valence-electron chi connectivity index (χ1n) is 5.61. The van der Waals surface area contributed by atoms with E-state index in [0.717, 1.165) is 6.42 Å². The fraction of sp³-hybridized carbons (Fsp3) is 0.769.